The van der Waals surface area contributed by atoms with E-state index in [0.717, 1.165) is 24.9 Å². The first kappa shape index (κ1) is 10.5. The molecule has 0 spiro atoms. The van der Waals surface area contributed by atoms with Gasteiger partial charge in [-0.3, -0.25) is 15.2 Å². The van der Waals surface area contributed by atoms with Crippen LogP contribution in [0.2, 0.25) is 0 Å². The predicted molar refractivity (Wildman–Crippen MR) is 58.2 cm³/mol. The molecule has 5 nitrogen and oxygen atoms in total. The van der Waals surface area contributed by atoms with Gasteiger partial charge in [0, 0.05) is 24.0 Å². The molecule has 1 N–H and O–H groups in total. The van der Waals surface area contributed by atoms with Gasteiger partial charge >= 0.3 is 0 Å². The van der Waals surface area contributed by atoms with E-state index in [9.17, 15) is 10.1 Å². The van der Waals surface area contributed by atoms with Crippen molar-refractivity contribution in [1.29, 1.82) is 0 Å². The molecule has 80 valence electrons. The van der Waals surface area contributed by atoms with Gasteiger partial charge in [0.2, 0.25) is 0 Å². The van der Waals surface area contributed by atoms with Crippen molar-refractivity contribution in [2.45, 2.75) is 6.42 Å². The zero-order chi connectivity index (χ0) is 10.7. The number of nitrogens with one attached hydrogen (secondary N) is 1. The lowest BCUT2D eigenvalue weighted by molar-refractivity contribution is -0.384. The normalized spacial score (nSPS) is 21.2. The molecule has 1 heterocycles. The maximum Gasteiger partial charge on any atom is 0.269 e. The molecule has 1 aromatic carbocycles. The van der Waals surface area contributed by atoms with Gasteiger partial charge in [-0.05, 0) is 18.6 Å². The minimum atomic E-state index is -0.771. The highest BCUT2D eigenvalue weighted by Gasteiger charge is 2.16. The van der Waals surface area contributed by atoms with Crippen molar-refractivity contribution in [3.8, 4) is 0 Å². The lowest BCUT2D eigenvalue weighted by Crippen LogP contribution is -2.24. The Morgan fingerprint density at radius 2 is 2.13 bits per heavy atom. The predicted octanol–water partition coefficient (Wildman–Crippen LogP) is 1.54. The molecule has 1 saturated heterocycles. The van der Waals surface area contributed by atoms with Gasteiger partial charge in [0.15, 0.2) is 0 Å². The fourth-order valence-corrected chi connectivity index (χ4v) is 2.85. The van der Waals surface area contributed by atoms with Gasteiger partial charge in [-0.2, -0.15) is 0 Å². The Labute approximate surface area is 88.5 Å². The Balaban J connectivity index is 2.11. The molecule has 1 aromatic rings. The molecule has 0 aliphatic carbocycles. The molecule has 0 saturated carbocycles. The van der Waals surface area contributed by atoms with Crippen LogP contribution in [0.4, 0.5) is 5.69 Å². The Kier molecular flexibility index (Phi) is 3.26. The second kappa shape index (κ2) is 4.66. The molecule has 1 unspecified atom stereocenters. The van der Waals surface area contributed by atoms with Crippen molar-refractivity contribution in [3.63, 3.8) is 0 Å². The number of non-ortho nitro benzene ring substituents is 1. The summed E-state index contributed by atoms with van der Waals surface area (Å²) in [6, 6.07) is 6.53. The summed E-state index contributed by atoms with van der Waals surface area (Å²) < 4.78 is 5.55. The molecular weight excluding hydrogens is 215 g/mol. The number of benzene rings is 1. The van der Waals surface area contributed by atoms with E-state index in [4.69, 9.17) is 4.52 Å². The second-order valence-corrected chi connectivity index (χ2v) is 4.84. The molecule has 0 bridgehead atoms. The minimum Gasteiger partial charge on any atom is -0.340 e. The summed E-state index contributed by atoms with van der Waals surface area (Å²) in [5.74, 6) is 0. The first-order valence-corrected chi connectivity index (χ1v) is 5.94. The van der Waals surface area contributed by atoms with E-state index in [1.165, 1.54) is 12.1 Å². The van der Waals surface area contributed by atoms with Crippen LogP contribution in [0.3, 0.4) is 0 Å². The highest BCUT2D eigenvalue weighted by molar-refractivity contribution is 7.58. The number of nitrogens with zero attached hydrogens (tertiary/aromatic N) is 1. The van der Waals surface area contributed by atoms with Gasteiger partial charge < -0.3 is 4.52 Å². The Morgan fingerprint density at radius 3 is 2.67 bits per heavy atom. The summed E-state index contributed by atoms with van der Waals surface area (Å²) in [5.41, 5.74) is 0.116. The third kappa shape index (κ3) is 2.50. The zero-order valence-corrected chi connectivity index (χ0v) is 8.94. The van der Waals surface area contributed by atoms with Crippen molar-refractivity contribution in [2.24, 2.45) is 0 Å². The third-order valence-electron chi connectivity index (χ3n) is 2.09. The van der Waals surface area contributed by atoms with E-state index in [1.807, 2.05) is 0 Å². The number of rotatable bonds is 2. The molecule has 0 amide bonds. The van der Waals surface area contributed by atoms with Crippen LogP contribution < -0.4 is 10.4 Å². The van der Waals surface area contributed by atoms with Crippen molar-refractivity contribution in [2.75, 3.05) is 13.2 Å². The summed E-state index contributed by atoms with van der Waals surface area (Å²) in [4.78, 5) is 10.1. The summed E-state index contributed by atoms with van der Waals surface area (Å²) in [6.07, 6.45) is 1.02. The van der Waals surface area contributed by atoms with Gasteiger partial charge in [-0.25, -0.2) is 0 Å². The van der Waals surface area contributed by atoms with Gasteiger partial charge in [0.1, 0.15) is 8.30 Å². The Hall–Kier alpha value is -1.03. The first-order valence-electron chi connectivity index (χ1n) is 4.68. The second-order valence-electron chi connectivity index (χ2n) is 3.16. The van der Waals surface area contributed by atoms with Gasteiger partial charge in [0.25, 0.3) is 5.69 Å². The topological polar surface area (TPSA) is 64.4 Å². The maximum absolute atomic E-state index is 10.5. The van der Waals surface area contributed by atoms with Crippen molar-refractivity contribution in [1.82, 2.24) is 5.09 Å². The van der Waals surface area contributed by atoms with E-state index in [1.54, 1.807) is 12.1 Å². The van der Waals surface area contributed by atoms with Crippen LogP contribution in [0.5, 0.6) is 0 Å². The van der Waals surface area contributed by atoms with Crippen LogP contribution in [0.15, 0.2) is 24.3 Å². The number of hydrogen-bond acceptors (Lipinski definition) is 4. The number of nitro groups is 1. The highest BCUT2D eigenvalue weighted by Crippen LogP contribution is 2.33. The molecule has 15 heavy (non-hydrogen) atoms. The van der Waals surface area contributed by atoms with E-state index in [-0.39, 0.29) is 5.69 Å². The van der Waals surface area contributed by atoms with E-state index in [2.05, 4.69) is 5.09 Å². The summed E-state index contributed by atoms with van der Waals surface area (Å²) in [5, 5.41) is 14.7. The summed E-state index contributed by atoms with van der Waals surface area (Å²) >= 11 is 0. The van der Waals surface area contributed by atoms with E-state index < -0.39 is 13.2 Å². The Morgan fingerprint density at radius 1 is 1.40 bits per heavy atom. The van der Waals surface area contributed by atoms with Crippen LogP contribution in [0.25, 0.3) is 0 Å². The smallest absolute Gasteiger partial charge is 0.269 e. The molecule has 1 aliphatic rings. The first-order chi connectivity index (χ1) is 7.27. The van der Waals surface area contributed by atoms with Gasteiger partial charge in [-0.1, -0.05) is 0 Å². The molecule has 1 atom stereocenters. The lowest BCUT2D eigenvalue weighted by atomic mass is 10.3. The van der Waals surface area contributed by atoms with Crippen LogP contribution >= 0.6 is 8.30 Å². The fourth-order valence-electron chi connectivity index (χ4n) is 1.33. The molecule has 1 aliphatic heterocycles. The Bertz CT molecular complexity index is 349. The monoisotopic (exact) mass is 226 g/mol. The highest BCUT2D eigenvalue weighted by atomic mass is 31.2. The standard InChI is InChI=1S/C9H11N2O3P/c12-11(13)8-2-4-9(5-3-8)15-10-6-1-7-14-15/h2-5,10H,1,6-7H2. The molecular formula is C9H11N2O3P. The summed E-state index contributed by atoms with van der Waals surface area (Å²) in [6.45, 7) is 1.71. The van der Waals surface area contributed by atoms with Crippen LogP contribution in [-0.2, 0) is 4.52 Å². The lowest BCUT2D eigenvalue weighted by Gasteiger charge is -2.23. The zero-order valence-electron chi connectivity index (χ0n) is 8.05. The molecule has 1 fully saturated rings. The largest absolute Gasteiger partial charge is 0.340 e. The van der Waals surface area contributed by atoms with Crippen molar-refractivity contribution in [3.05, 3.63) is 34.4 Å². The maximum atomic E-state index is 10.5. The minimum absolute atomic E-state index is 0.116. The molecule has 2 rings (SSSR count). The van der Waals surface area contributed by atoms with Gasteiger partial charge in [0.05, 0.1) is 11.5 Å². The average molecular weight is 226 g/mol. The SMILES string of the molecule is O=[N+]([O-])c1ccc(P2NCCCO2)cc1. The van der Waals surface area contributed by atoms with Crippen LogP contribution in [0, 0.1) is 10.1 Å². The summed E-state index contributed by atoms with van der Waals surface area (Å²) in [7, 11) is -0.771. The fraction of sp³-hybridized carbons (Fsp3) is 0.333. The van der Waals surface area contributed by atoms with Crippen molar-refractivity contribution >= 4 is 19.3 Å². The average Bonchev–Trinajstić information content (AvgIpc) is 2.30. The van der Waals surface area contributed by atoms with Crippen molar-refractivity contribution < 1.29 is 9.45 Å². The third-order valence-corrected chi connectivity index (χ3v) is 3.81. The van der Waals surface area contributed by atoms with Gasteiger partial charge in [-0.15, -0.1) is 0 Å². The number of hydrogen-bond donors (Lipinski definition) is 1. The molecule has 0 aromatic heterocycles. The molecule has 6 heteroatoms. The quantitative estimate of drug-likeness (QED) is 0.472. The number of nitro benzene ring substituents is 1. The molecule has 0 radical (unpaired) electrons. The van der Waals surface area contributed by atoms with Crippen LogP contribution in [0.1, 0.15) is 6.42 Å². The van der Waals surface area contributed by atoms with E-state index in [0.29, 0.717) is 0 Å². The van der Waals surface area contributed by atoms with E-state index >= 15 is 0 Å². The van der Waals surface area contributed by atoms with Crippen LogP contribution in [-0.4, -0.2) is 18.1 Å².